The molecule has 2 rings (SSSR count). The number of nitrogens with zero attached hydrogens (tertiary/aromatic N) is 1. The standard InChI is InChI=1S/C14H17N5O.ClH/c15-11-2-3-13(16)10(7-11)1-4-14(20)18-6-5-12-8-17-9-19-12;/h1-4,7-9H,5-6,15-16H2,(H,17,19)(H,18,20);1H. The predicted molar refractivity (Wildman–Crippen MR) is 86.9 cm³/mol. The Morgan fingerprint density at radius 1 is 1.38 bits per heavy atom. The fourth-order valence-electron chi connectivity index (χ4n) is 1.70. The summed E-state index contributed by atoms with van der Waals surface area (Å²) in [6.07, 6.45) is 7.14. The monoisotopic (exact) mass is 307 g/mol. The summed E-state index contributed by atoms with van der Waals surface area (Å²) in [5.41, 5.74) is 14.4. The number of aromatic amines is 1. The van der Waals surface area contributed by atoms with E-state index in [2.05, 4.69) is 15.3 Å². The number of nitrogen functional groups attached to an aromatic ring is 2. The second-order valence-corrected chi connectivity index (χ2v) is 4.34. The third-order valence-electron chi connectivity index (χ3n) is 2.77. The maximum Gasteiger partial charge on any atom is 0.244 e. The highest BCUT2D eigenvalue weighted by Gasteiger charge is 1.99. The van der Waals surface area contributed by atoms with E-state index in [1.807, 2.05) is 0 Å². The molecule has 0 aliphatic heterocycles. The van der Waals surface area contributed by atoms with Gasteiger partial charge >= 0.3 is 0 Å². The van der Waals surface area contributed by atoms with Crippen LogP contribution in [0, 0.1) is 0 Å². The molecule has 0 unspecified atom stereocenters. The van der Waals surface area contributed by atoms with Crippen molar-refractivity contribution in [2.45, 2.75) is 6.42 Å². The molecule has 21 heavy (non-hydrogen) atoms. The van der Waals surface area contributed by atoms with Crippen LogP contribution in [0.5, 0.6) is 0 Å². The fraction of sp³-hybridized carbons (Fsp3) is 0.143. The van der Waals surface area contributed by atoms with Gasteiger partial charge in [0.2, 0.25) is 5.91 Å². The van der Waals surface area contributed by atoms with Crippen LogP contribution in [0.3, 0.4) is 0 Å². The number of aromatic nitrogens is 2. The summed E-state index contributed by atoms with van der Waals surface area (Å²) in [7, 11) is 0. The largest absolute Gasteiger partial charge is 0.399 e. The Hall–Kier alpha value is -2.47. The molecule has 1 aromatic heterocycles. The highest BCUT2D eigenvalue weighted by atomic mass is 35.5. The Kier molecular flexibility index (Phi) is 6.29. The lowest BCUT2D eigenvalue weighted by Gasteiger charge is -2.02. The number of carbonyl (C=O) groups is 1. The van der Waals surface area contributed by atoms with E-state index in [0.29, 0.717) is 24.3 Å². The molecular weight excluding hydrogens is 290 g/mol. The summed E-state index contributed by atoms with van der Waals surface area (Å²) in [6.45, 7) is 0.539. The maximum atomic E-state index is 11.6. The fourth-order valence-corrected chi connectivity index (χ4v) is 1.70. The summed E-state index contributed by atoms with van der Waals surface area (Å²) in [5.74, 6) is -0.175. The first-order valence-electron chi connectivity index (χ1n) is 6.23. The number of H-pyrrole nitrogens is 1. The molecule has 1 aromatic carbocycles. The van der Waals surface area contributed by atoms with Crippen molar-refractivity contribution in [2.75, 3.05) is 18.0 Å². The second-order valence-electron chi connectivity index (χ2n) is 4.34. The first kappa shape index (κ1) is 16.6. The summed E-state index contributed by atoms with van der Waals surface area (Å²) in [6, 6.07) is 5.16. The van der Waals surface area contributed by atoms with Crippen molar-refractivity contribution < 1.29 is 4.79 Å². The molecule has 0 fully saturated rings. The van der Waals surface area contributed by atoms with Gasteiger partial charge in [0.05, 0.1) is 6.33 Å². The minimum Gasteiger partial charge on any atom is -0.399 e. The minimum atomic E-state index is -0.175. The summed E-state index contributed by atoms with van der Waals surface area (Å²) in [4.78, 5) is 18.5. The van der Waals surface area contributed by atoms with Gasteiger partial charge in [0.15, 0.2) is 0 Å². The minimum absolute atomic E-state index is 0. The zero-order valence-corrected chi connectivity index (χ0v) is 12.2. The molecule has 2 aromatic rings. The molecule has 7 heteroatoms. The van der Waals surface area contributed by atoms with Gasteiger partial charge in [0, 0.05) is 42.3 Å². The van der Waals surface area contributed by atoms with Crippen LogP contribution in [0.15, 0.2) is 36.8 Å². The Bertz CT molecular complexity index is 610. The smallest absolute Gasteiger partial charge is 0.244 e. The summed E-state index contributed by atoms with van der Waals surface area (Å²) in [5, 5.41) is 2.78. The number of imidazole rings is 1. The van der Waals surface area contributed by atoms with Crippen molar-refractivity contribution in [1.29, 1.82) is 0 Å². The van der Waals surface area contributed by atoms with Gasteiger partial charge < -0.3 is 21.8 Å². The van der Waals surface area contributed by atoms with Gasteiger partial charge in [-0.3, -0.25) is 4.79 Å². The number of benzene rings is 1. The summed E-state index contributed by atoms with van der Waals surface area (Å²) >= 11 is 0. The molecule has 0 aliphatic carbocycles. The zero-order chi connectivity index (χ0) is 14.4. The number of amides is 1. The van der Waals surface area contributed by atoms with E-state index in [4.69, 9.17) is 11.5 Å². The average Bonchev–Trinajstić information content (AvgIpc) is 2.93. The Balaban J connectivity index is 0.00000220. The Labute approximate surface area is 129 Å². The number of rotatable bonds is 5. The molecule has 6 nitrogen and oxygen atoms in total. The number of hydrogen-bond donors (Lipinski definition) is 4. The van der Waals surface area contributed by atoms with Crippen LogP contribution in [0.25, 0.3) is 6.08 Å². The van der Waals surface area contributed by atoms with Gasteiger partial charge in [0.25, 0.3) is 0 Å². The van der Waals surface area contributed by atoms with E-state index in [1.54, 1.807) is 36.8 Å². The molecule has 6 N–H and O–H groups in total. The average molecular weight is 308 g/mol. The summed E-state index contributed by atoms with van der Waals surface area (Å²) < 4.78 is 0. The number of carbonyl (C=O) groups excluding carboxylic acids is 1. The Morgan fingerprint density at radius 3 is 2.90 bits per heavy atom. The van der Waals surface area contributed by atoms with E-state index in [9.17, 15) is 4.79 Å². The SMILES string of the molecule is Cl.Nc1ccc(N)c(C=CC(=O)NCCc2cnc[nH]2)c1. The molecule has 0 aliphatic rings. The highest BCUT2D eigenvalue weighted by molar-refractivity contribution is 5.92. The molecule has 0 bridgehead atoms. The molecule has 0 saturated carbocycles. The third kappa shape index (κ3) is 5.19. The molecule has 0 radical (unpaired) electrons. The van der Waals surface area contributed by atoms with Gasteiger partial charge in [-0.15, -0.1) is 12.4 Å². The van der Waals surface area contributed by atoms with Crippen LogP contribution in [-0.2, 0) is 11.2 Å². The second kappa shape index (κ2) is 7.96. The van der Waals surface area contributed by atoms with Crippen LogP contribution >= 0.6 is 12.4 Å². The number of nitrogens with one attached hydrogen (secondary N) is 2. The van der Waals surface area contributed by atoms with Crippen LogP contribution in [0.1, 0.15) is 11.3 Å². The number of anilines is 2. The lowest BCUT2D eigenvalue weighted by Crippen LogP contribution is -2.23. The molecule has 112 valence electrons. The van der Waals surface area contributed by atoms with Gasteiger partial charge in [-0.2, -0.15) is 0 Å². The third-order valence-corrected chi connectivity index (χ3v) is 2.77. The van der Waals surface area contributed by atoms with Gasteiger partial charge in [-0.1, -0.05) is 0 Å². The van der Waals surface area contributed by atoms with E-state index in [0.717, 1.165) is 11.3 Å². The van der Waals surface area contributed by atoms with Crippen molar-refractivity contribution >= 4 is 35.8 Å². The lowest BCUT2D eigenvalue weighted by atomic mass is 10.1. The zero-order valence-electron chi connectivity index (χ0n) is 11.4. The van der Waals surface area contributed by atoms with E-state index in [-0.39, 0.29) is 18.3 Å². The number of hydrogen-bond acceptors (Lipinski definition) is 4. The molecular formula is C14H18ClN5O. The van der Waals surface area contributed by atoms with Gasteiger partial charge in [-0.25, -0.2) is 4.98 Å². The van der Waals surface area contributed by atoms with Crippen molar-refractivity contribution in [3.8, 4) is 0 Å². The van der Waals surface area contributed by atoms with E-state index >= 15 is 0 Å². The Morgan fingerprint density at radius 2 is 2.19 bits per heavy atom. The molecule has 1 amide bonds. The van der Waals surface area contributed by atoms with E-state index < -0.39 is 0 Å². The van der Waals surface area contributed by atoms with Crippen LogP contribution in [-0.4, -0.2) is 22.4 Å². The lowest BCUT2D eigenvalue weighted by molar-refractivity contribution is -0.116. The normalized spacial score (nSPS) is 10.3. The maximum absolute atomic E-state index is 11.6. The molecule has 0 spiro atoms. The topological polar surface area (TPSA) is 110 Å². The number of halogens is 1. The van der Waals surface area contributed by atoms with Crippen molar-refractivity contribution in [3.05, 3.63) is 48.1 Å². The quantitative estimate of drug-likeness (QED) is 0.494. The molecule has 1 heterocycles. The van der Waals surface area contributed by atoms with Crippen LogP contribution < -0.4 is 16.8 Å². The van der Waals surface area contributed by atoms with Crippen LogP contribution in [0.2, 0.25) is 0 Å². The van der Waals surface area contributed by atoms with Crippen molar-refractivity contribution in [3.63, 3.8) is 0 Å². The number of nitrogens with two attached hydrogens (primary N) is 2. The van der Waals surface area contributed by atoms with Crippen molar-refractivity contribution in [1.82, 2.24) is 15.3 Å². The predicted octanol–water partition coefficient (Wildman–Crippen LogP) is 1.37. The first-order valence-corrected chi connectivity index (χ1v) is 6.23. The highest BCUT2D eigenvalue weighted by Crippen LogP contribution is 2.16. The van der Waals surface area contributed by atoms with Gasteiger partial charge in [-0.05, 0) is 29.8 Å². The van der Waals surface area contributed by atoms with E-state index in [1.165, 1.54) is 6.08 Å². The molecule has 0 saturated heterocycles. The van der Waals surface area contributed by atoms with Crippen LogP contribution in [0.4, 0.5) is 11.4 Å². The van der Waals surface area contributed by atoms with Gasteiger partial charge in [0.1, 0.15) is 0 Å². The molecule has 0 atom stereocenters. The van der Waals surface area contributed by atoms with Crippen molar-refractivity contribution in [2.24, 2.45) is 0 Å². The first-order chi connectivity index (χ1) is 9.65.